The normalized spacial score (nSPS) is 11.1. The van der Waals surface area contributed by atoms with Crippen molar-refractivity contribution < 1.29 is 9.53 Å². The van der Waals surface area contributed by atoms with Crippen molar-refractivity contribution in [2.24, 2.45) is 0 Å². The van der Waals surface area contributed by atoms with Gasteiger partial charge in [-0.05, 0) is 106 Å². The van der Waals surface area contributed by atoms with Crippen molar-refractivity contribution in [2.45, 2.75) is 27.4 Å². The summed E-state index contributed by atoms with van der Waals surface area (Å²) in [5.41, 5.74) is 5.72. The first-order valence-corrected chi connectivity index (χ1v) is 11.8. The van der Waals surface area contributed by atoms with E-state index < -0.39 is 5.91 Å². The van der Waals surface area contributed by atoms with Crippen molar-refractivity contribution in [3.05, 3.63) is 96.0 Å². The van der Waals surface area contributed by atoms with E-state index in [1.807, 2.05) is 69.3 Å². The van der Waals surface area contributed by atoms with E-state index in [1.54, 1.807) is 6.08 Å². The number of rotatable bonds is 6. The van der Waals surface area contributed by atoms with Crippen LogP contribution in [0.15, 0.2) is 64.6 Å². The fourth-order valence-electron chi connectivity index (χ4n) is 3.02. The largest absolute Gasteiger partial charge is 0.487 e. The Bertz CT molecular complexity index is 1200. The van der Waals surface area contributed by atoms with Crippen molar-refractivity contribution >= 4 is 56.2 Å². The molecular weight excluding hydrogens is 579 g/mol. The van der Waals surface area contributed by atoms with Crippen LogP contribution in [0.3, 0.4) is 0 Å². The van der Waals surface area contributed by atoms with Crippen LogP contribution in [0, 0.1) is 35.7 Å². The van der Waals surface area contributed by atoms with Gasteiger partial charge in [0.25, 0.3) is 5.91 Å². The Labute approximate surface area is 210 Å². The molecule has 32 heavy (non-hydrogen) atoms. The summed E-state index contributed by atoms with van der Waals surface area (Å²) in [4.78, 5) is 12.7. The summed E-state index contributed by atoms with van der Waals surface area (Å²) in [6.07, 6.45) is 1.58. The molecule has 1 N–H and O–H groups in total. The molecule has 0 aromatic heterocycles. The number of anilines is 1. The molecule has 4 nitrogen and oxygen atoms in total. The van der Waals surface area contributed by atoms with E-state index in [1.165, 1.54) is 5.56 Å². The van der Waals surface area contributed by atoms with Gasteiger partial charge < -0.3 is 10.1 Å². The van der Waals surface area contributed by atoms with E-state index in [0.717, 1.165) is 36.0 Å². The maximum Gasteiger partial charge on any atom is 0.266 e. The Balaban J connectivity index is 1.78. The summed E-state index contributed by atoms with van der Waals surface area (Å²) in [6, 6.07) is 19.7. The van der Waals surface area contributed by atoms with Gasteiger partial charge >= 0.3 is 0 Å². The van der Waals surface area contributed by atoms with Gasteiger partial charge in [0.05, 0.1) is 8.04 Å². The number of ether oxygens (including phenoxy) is 1. The first-order valence-electron chi connectivity index (χ1n) is 9.94. The number of benzene rings is 3. The molecule has 0 aliphatic rings. The first kappa shape index (κ1) is 24.0. The zero-order chi connectivity index (χ0) is 23.3. The average molecular weight is 601 g/mol. The second-order valence-electron chi connectivity index (χ2n) is 7.53. The number of nitriles is 1. The highest BCUT2D eigenvalue weighted by Gasteiger charge is 2.13. The van der Waals surface area contributed by atoms with Crippen LogP contribution >= 0.6 is 38.5 Å². The third-order valence-electron chi connectivity index (χ3n) is 4.84. The van der Waals surface area contributed by atoms with Gasteiger partial charge in [-0.3, -0.25) is 4.79 Å². The average Bonchev–Trinajstić information content (AvgIpc) is 2.75. The van der Waals surface area contributed by atoms with E-state index in [0.29, 0.717) is 12.3 Å². The zero-order valence-corrected chi connectivity index (χ0v) is 21.7. The molecule has 0 saturated heterocycles. The number of nitrogens with one attached hydrogen (secondary N) is 1. The molecule has 6 heteroatoms. The Morgan fingerprint density at radius 1 is 1.09 bits per heavy atom. The molecule has 0 heterocycles. The predicted molar refractivity (Wildman–Crippen MR) is 141 cm³/mol. The van der Waals surface area contributed by atoms with Crippen LogP contribution in [0.5, 0.6) is 5.75 Å². The molecule has 0 aliphatic heterocycles. The summed E-state index contributed by atoms with van der Waals surface area (Å²) < 4.78 is 7.65. The van der Waals surface area contributed by atoms with Gasteiger partial charge in [-0.1, -0.05) is 42.0 Å². The number of hydrogen-bond acceptors (Lipinski definition) is 3. The third kappa shape index (κ3) is 6.21. The monoisotopic (exact) mass is 600 g/mol. The number of nitrogens with zero attached hydrogens (tertiary/aromatic N) is 1. The van der Waals surface area contributed by atoms with Gasteiger partial charge in [-0.2, -0.15) is 5.26 Å². The second kappa shape index (κ2) is 10.8. The minimum absolute atomic E-state index is 0.0296. The molecular formula is C26H22BrIN2O2. The van der Waals surface area contributed by atoms with Crippen LogP contribution in [0.1, 0.15) is 27.8 Å². The molecule has 3 rings (SSSR count). The van der Waals surface area contributed by atoms with Crippen molar-refractivity contribution in [3.8, 4) is 11.8 Å². The van der Waals surface area contributed by atoms with Gasteiger partial charge in [-0.15, -0.1) is 0 Å². The molecule has 0 fully saturated rings. The van der Waals surface area contributed by atoms with Crippen LogP contribution in [0.25, 0.3) is 6.08 Å². The zero-order valence-electron chi connectivity index (χ0n) is 18.0. The minimum atomic E-state index is -0.438. The van der Waals surface area contributed by atoms with Crippen LogP contribution in [0.2, 0.25) is 0 Å². The molecule has 3 aromatic rings. The molecule has 1 amide bonds. The Hall–Kier alpha value is -2.63. The molecule has 3 aromatic carbocycles. The van der Waals surface area contributed by atoms with E-state index in [-0.39, 0.29) is 5.57 Å². The maximum absolute atomic E-state index is 12.7. The topological polar surface area (TPSA) is 62.1 Å². The smallest absolute Gasteiger partial charge is 0.266 e. The summed E-state index contributed by atoms with van der Waals surface area (Å²) in [6.45, 7) is 6.37. The molecule has 0 radical (unpaired) electrons. The molecule has 162 valence electrons. The van der Waals surface area contributed by atoms with Gasteiger partial charge in [0.2, 0.25) is 0 Å². The molecule has 0 spiro atoms. The van der Waals surface area contributed by atoms with Crippen molar-refractivity contribution in [3.63, 3.8) is 0 Å². The predicted octanol–water partition coefficient (Wildman–Crippen LogP) is 7.10. The summed E-state index contributed by atoms with van der Waals surface area (Å²) in [5, 5.41) is 12.4. The Morgan fingerprint density at radius 2 is 1.78 bits per heavy atom. The van der Waals surface area contributed by atoms with E-state index in [4.69, 9.17) is 4.74 Å². The fourth-order valence-corrected chi connectivity index (χ4v) is 4.78. The van der Waals surface area contributed by atoms with Crippen molar-refractivity contribution in [1.29, 1.82) is 5.26 Å². The van der Waals surface area contributed by atoms with E-state index >= 15 is 0 Å². The Kier molecular flexibility index (Phi) is 8.10. The number of aryl methyl sites for hydroxylation is 3. The highest BCUT2D eigenvalue weighted by atomic mass is 127. The number of hydrogen-bond donors (Lipinski definition) is 1. The molecule has 0 saturated carbocycles. The standard InChI is InChI=1S/C26H22BrIN2O2/c1-16-5-8-19(9-6-16)15-32-25-22(27)12-20(13-23(25)28)11-21(14-29)26(31)30-24-10-17(2)4-7-18(24)3/h4-13H,15H2,1-3H3,(H,30,31)/b21-11+. The van der Waals surface area contributed by atoms with Crippen LogP contribution in [0.4, 0.5) is 5.69 Å². The van der Waals surface area contributed by atoms with Crippen LogP contribution in [-0.4, -0.2) is 5.91 Å². The molecule has 0 aliphatic carbocycles. The SMILES string of the molecule is Cc1ccc(COc2c(Br)cc(/C=C(\C#N)C(=O)Nc3cc(C)ccc3C)cc2I)cc1. The highest BCUT2D eigenvalue weighted by molar-refractivity contribution is 14.1. The number of halogens is 2. The molecule has 0 bridgehead atoms. The van der Waals surface area contributed by atoms with E-state index in [9.17, 15) is 10.1 Å². The summed E-state index contributed by atoms with van der Waals surface area (Å²) in [7, 11) is 0. The minimum Gasteiger partial charge on any atom is -0.487 e. The first-order chi connectivity index (χ1) is 15.3. The summed E-state index contributed by atoms with van der Waals surface area (Å²) >= 11 is 5.76. The lowest BCUT2D eigenvalue weighted by molar-refractivity contribution is -0.112. The van der Waals surface area contributed by atoms with Gasteiger partial charge in [0.15, 0.2) is 0 Å². The molecule has 0 atom stereocenters. The molecule has 0 unspecified atom stereocenters. The number of carbonyl (C=O) groups excluding carboxylic acids is 1. The Morgan fingerprint density at radius 3 is 2.44 bits per heavy atom. The van der Waals surface area contributed by atoms with Gasteiger partial charge in [0.1, 0.15) is 24.0 Å². The quantitative estimate of drug-likeness (QED) is 0.186. The van der Waals surface area contributed by atoms with Crippen molar-refractivity contribution in [2.75, 3.05) is 5.32 Å². The van der Waals surface area contributed by atoms with Crippen LogP contribution in [-0.2, 0) is 11.4 Å². The lowest BCUT2D eigenvalue weighted by Crippen LogP contribution is -2.14. The van der Waals surface area contributed by atoms with E-state index in [2.05, 4.69) is 56.0 Å². The van der Waals surface area contributed by atoms with Gasteiger partial charge in [0, 0.05) is 5.69 Å². The highest BCUT2D eigenvalue weighted by Crippen LogP contribution is 2.33. The number of carbonyl (C=O) groups is 1. The maximum atomic E-state index is 12.7. The lowest BCUT2D eigenvalue weighted by Gasteiger charge is -2.12. The summed E-state index contributed by atoms with van der Waals surface area (Å²) in [5.74, 6) is 0.286. The lowest BCUT2D eigenvalue weighted by atomic mass is 10.1. The second-order valence-corrected chi connectivity index (χ2v) is 9.55. The van der Waals surface area contributed by atoms with Crippen LogP contribution < -0.4 is 10.1 Å². The third-order valence-corrected chi connectivity index (χ3v) is 6.23. The fraction of sp³-hybridized carbons (Fsp3) is 0.154. The van der Waals surface area contributed by atoms with Crippen molar-refractivity contribution in [1.82, 2.24) is 0 Å². The van der Waals surface area contributed by atoms with Gasteiger partial charge in [-0.25, -0.2) is 0 Å². The number of amides is 1.